The molecule has 31 heavy (non-hydrogen) atoms. The highest BCUT2D eigenvalue weighted by atomic mass is 32.2. The number of carbonyl (C=O) groups excluding carboxylic acids is 1. The third-order valence-corrected chi connectivity index (χ3v) is 6.71. The Morgan fingerprint density at radius 3 is 2.58 bits per heavy atom. The van der Waals surface area contributed by atoms with Crippen LogP contribution in [0.25, 0.3) is 11.1 Å². The van der Waals surface area contributed by atoms with Crippen LogP contribution in [0, 0.1) is 17.6 Å². The highest BCUT2D eigenvalue weighted by Gasteiger charge is 2.48. The van der Waals surface area contributed by atoms with Crippen molar-refractivity contribution in [2.24, 2.45) is 5.92 Å². The van der Waals surface area contributed by atoms with E-state index in [2.05, 4.69) is 9.71 Å². The van der Waals surface area contributed by atoms with Crippen molar-refractivity contribution in [1.29, 1.82) is 0 Å². The zero-order valence-corrected chi connectivity index (χ0v) is 18.0. The van der Waals surface area contributed by atoms with Gasteiger partial charge in [0, 0.05) is 42.7 Å². The maximum Gasteiger partial charge on any atom is 0.226 e. The molecule has 2 aromatic rings. The van der Waals surface area contributed by atoms with Crippen molar-refractivity contribution in [1.82, 2.24) is 14.6 Å². The normalized spacial score (nSPS) is 24.0. The Bertz CT molecular complexity index is 1070. The second-order valence-electron chi connectivity index (χ2n) is 8.32. The number of benzene rings is 1. The second kappa shape index (κ2) is 8.63. The second-order valence-corrected chi connectivity index (χ2v) is 10.1. The number of rotatable bonds is 5. The van der Waals surface area contributed by atoms with E-state index >= 15 is 0 Å². The van der Waals surface area contributed by atoms with E-state index in [1.165, 1.54) is 18.2 Å². The third-order valence-electron chi connectivity index (χ3n) is 5.95. The van der Waals surface area contributed by atoms with E-state index in [-0.39, 0.29) is 29.3 Å². The van der Waals surface area contributed by atoms with Gasteiger partial charge in [0.15, 0.2) is 0 Å². The molecule has 2 aliphatic rings. The summed E-state index contributed by atoms with van der Waals surface area (Å²) in [5, 5.41) is 0. The van der Waals surface area contributed by atoms with Gasteiger partial charge in [0.05, 0.1) is 17.5 Å². The lowest BCUT2D eigenvalue weighted by Gasteiger charge is -2.21. The lowest BCUT2D eigenvalue weighted by molar-refractivity contribution is -0.132. The molecule has 9 heteroatoms. The fourth-order valence-corrected chi connectivity index (χ4v) is 5.26. The van der Waals surface area contributed by atoms with Crippen LogP contribution in [-0.2, 0) is 14.8 Å². The van der Waals surface area contributed by atoms with Crippen LogP contribution in [0.1, 0.15) is 37.3 Å². The fourth-order valence-electron chi connectivity index (χ4n) is 4.42. The molecule has 0 unspecified atom stereocenters. The van der Waals surface area contributed by atoms with Gasteiger partial charge in [0.1, 0.15) is 11.6 Å². The minimum Gasteiger partial charge on any atom is -0.342 e. The first-order chi connectivity index (χ1) is 14.7. The molecule has 0 spiro atoms. The summed E-state index contributed by atoms with van der Waals surface area (Å²) in [6, 6.07) is 6.84. The standard InChI is InChI=1S/C22H25F2N3O3S/c1-31(29,30)26-14-5-4-11-27(12-9-14)22(28)17-13-16(17)21-15(6-3-10-25-21)20-18(23)7-2-8-19(20)24/h2-3,6-8,10,14,16-17,26H,4-5,9,11-13H2,1H3/t14-,16+,17+/m0/s1. The Hall–Kier alpha value is -2.39. The van der Waals surface area contributed by atoms with Crippen molar-refractivity contribution in [3.8, 4) is 11.1 Å². The van der Waals surface area contributed by atoms with Gasteiger partial charge in [-0.1, -0.05) is 12.1 Å². The predicted molar refractivity (Wildman–Crippen MR) is 113 cm³/mol. The number of hydrogen-bond acceptors (Lipinski definition) is 4. The maximum atomic E-state index is 14.4. The van der Waals surface area contributed by atoms with Gasteiger partial charge in [-0.05, 0) is 43.9 Å². The molecule has 1 saturated carbocycles. The molecule has 2 fully saturated rings. The Labute approximate surface area is 180 Å². The third kappa shape index (κ3) is 4.93. The summed E-state index contributed by atoms with van der Waals surface area (Å²) in [4.78, 5) is 19.2. The number of pyridine rings is 1. The first-order valence-corrected chi connectivity index (χ1v) is 12.3. The number of nitrogens with zero attached hydrogens (tertiary/aromatic N) is 2. The first-order valence-electron chi connectivity index (χ1n) is 10.4. The molecule has 1 aromatic carbocycles. The summed E-state index contributed by atoms with van der Waals surface area (Å²) in [6.45, 7) is 1.05. The molecule has 2 heterocycles. The minimum atomic E-state index is -3.29. The number of hydrogen-bond donors (Lipinski definition) is 1. The van der Waals surface area contributed by atoms with Crippen molar-refractivity contribution < 1.29 is 22.0 Å². The van der Waals surface area contributed by atoms with Gasteiger partial charge in [-0.2, -0.15) is 0 Å². The molecule has 1 N–H and O–H groups in total. The summed E-state index contributed by atoms with van der Waals surface area (Å²) in [6.07, 6.45) is 5.25. The predicted octanol–water partition coefficient (Wildman–Crippen LogP) is 3.06. The van der Waals surface area contributed by atoms with Crippen LogP contribution in [0.4, 0.5) is 8.78 Å². The number of carbonyl (C=O) groups is 1. The molecule has 4 rings (SSSR count). The minimum absolute atomic E-state index is 0.00406. The molecule has 0 bridgehead atoms. The van der Waals surface area contributed by atoms with Gasteiger partial charge < -0.3 is 4.90 Å². The molecule has 166 valence electrons. The summed E-state index contributed by atoms with van der Waals surface area (Å²) in [7, 11) is -3.29. The average molecular weight is 450 g/mol. The molecular weight excluding hydrogens is 424 g/mol. The van der Waals surface area contributed by atoms with E-state index in [1.807, 2.05) is 0 Å². The topological polar surface area (TPSA) is 79.4 Å². The quantitative estimate of drug-likeness (QED) is 0.761. The van der Waals surface area contributed by atoms with Gasteiger partial charge in [-0.15, -0.1) is 0 Å². The number of nitrogens with one attached hydrogen (secondary N) is 1. The number of aromatic nitrogens is 1. The summed E-state index contributed by atoms with van der Waals surface area (Å²) < 4.78 is 54.3. The smallest absolute Gasteiger partial charge is 0.226 e. The van der Waals surface area contributed by atoms with Gasteiger partial charge in [-0.3, -0.25) is 9.78 Å². The summed E-state index contributed by atoms with van der Waals surface area (Å²) in [5.74, 6) is -1.78. The molecule has 6 nitrogen and oxygen atoms in total. The summed E-state index contributed by atoms with van der Waals surface area (Å²) >= 11 is 0. The first kappa shape index (κ1) is 21.8. The molecule has 1 aliphatic heterocycles. The SMILES string of the molecule is CS(=O)(=O)N[C@H]1CCCN(C(=O)[C@@H]2C[C@H]2c2ncccc2-c2c(F)cccc2F)CC1. The highest BCUT2D eigenvalue weighted by molar-refractivity contribution is 7.88. The zero-order valence-electron chi connectivity index (χ0n) is 17.2. The number of amides is 1. The average Bonchev–Trinajstić information content (AvgIpc) is 3.51. The molecule has 0 radical (unpaired) electrons. The molecule has 3 atom stereocenters. The van der Waals surface area contributed by atoms with Crippen LogP contribution in [0.3, 0.4) is 0 Å². The number of sulfonamides is 1. The lowest BCUT2D eigenvalue weighted by atomic mass is 9.99. The number of halogens is 2. The van der Waals surface area contributed by atoms with Gasteiger partial charge in [0.2, 0.25) is 15.9 Å². The Balaban J connectivity index is 1.48. The van der Waals surface area contributed by atoms with Crippen LogP contribution < -0.4 is 4.72 Å². The van der Waals surface area contributed by atoms with Crippen molar-refractivity contribution in [2.45, 2.75) is 37.6 Å². The van der Waals surface area contributed by atoms with Crippen molar-refractivity contribution in [3.05, 3.63) is 53.9 Å². The molecule has 1 saturated heterocycles. The van der Waals surface area contributed by atoms with Crippen LogP contribution >= 0.6 is 0 Å². The Morgan fingerprint density at radius 2 is 1.87 bits per heavy atom. The highest BCUT2D eigenvalue weighted by Crippen LogP contribution is 2.50. The van der Waals surface area contributed by atoms with Crippen LogP contribution in [0.2, 0.25) is 0 Å². The van der Waals surface area contributed by atoms with Gasteiger partial charge in [-0.25, -0.2) is 21.9 Å². The van der Waals surface area contributed by atoms with E-state index in [1.54, 1.807) is 23.2 Å². The van der Waals surface area contributed by atoms with E-state index in [9.17, 15) is 22.0 Å². The van der Waals surface area contributed by atoms with Crippen molar-refractivity contribution in [3.63, 3.8) is 0 Å². The largest absolute Gasteiger partial charge is 0.342 e. The lowest BCUT2D eigenvalue weighted by Crippen LogP contribution is -2.36. The van der Waals surface area contributed by atoms with Gasteiger partial charge in [0.25, 0.3) is 0 Å². The van der Waals surface area contributed by atoms with E-state index in [0.29, 0.717) is 50.0 Å². The maximum absolute atomic E-state index is 14.4. The Kier molecular flexibility index (Phi) is 6.07. The van der Waals surface area contributed by atoms with Crippen LogP contribution in [-0.4, -0.2) is 49.6 Å². The molecule has 1 aromatic heterocycles. The monoisotopic (exact) mass is 449 g/mol. The molecule has 1 amide bonds. The van der Waals surface area contributed by atoms with Crippen LogP contribution in [0.5, 0.6) is 0 Å². The van der Waals surface area contributed by atoms with Crippen molar-refractivity contribution >= 4 is 15.9 Å². The zero-order chi connectivity index (χ0) is 22.2. The summed E-state index contributed by atoms with van der Waals surface area (Å²) in [5.41, 5.74) is 0.802. The van der Waals surface area contributed by atoms with E-state index < -0.39 is 21.7 Å². The molecular formula is C22H25F2N3O3S. The van der Waals surface area contributed by atoms with Gasteiger partial charge >= 0.3 is 0 Å². The number of likely N-dealkylation sites (tertiary alicyclic amines) is 1. The Morgan fingerprint density at radius 1 is 1.13 bits per heavy atom. The van der Waals surface area contributed by atoms with E-state index in [0.717, 1.165) is 6.26 Å². The fraction of sp³-hybridized carbons (Fsp3) is 0.455. The van der Waals surface area contributed by atoms with Crippen molar-refractivity contribution in [2.75, 3.05) is 19.3 Å². The molecule has 1 aliphatic carbocycles. The van der Waals surface area contributed by atoms with Crippen LogP contribution in [0.15, 0.2) is 36.5 Å². The van der Waals surface area contributed by atoms with E-state index in [4.69, 9.17) is 0 Å².